The zero-order chi connectivity index (χ0) is 23.0. The van der Waals surface area contributed by atoms with Crippen molar-refractivity contribution >= 4 is 43.6 Å². The fourth-order valence-corrected chi connectivity index (χ4v) is 4.11. The molecule has 0 aliphatic rings. The molecule has 164 valence electrons. The van der Waals surface area contributed by atoms with Crippen molar-refractivity contribution in [1.29, 1.82) is 0 Å². The summed E-state index contributed by atoms with van der Waals surface area (Å²) in [6.45, 7) is 3.45. The maximum Gasteiger partial charge on any atom is 0.501 e. The van der Waals surface area contributed by atoms with E-state index in [4.69, 9.17) is 0 Å². The fourth-order valence-electron chi connectivity index (χ4n) is 2.61. The van der Waals surface area contributed by atoms with E-state index in [0.717, 1.165) is 29.0 Å². The summed E-state index contributed by atoms with van der Waals surface area (Å²) in [5.41, 5.74) is -3.33. The van der Waals surface area contributed by atoms with Crippen LogP contribution in [0.2, 0.25) is 0 Å². The highest BCUT2D eigenvalue weighted by atomic mass is 32.2. The van der Waals surface area contributed by atoms with E-state index in [0.29, 0.717) is 16.9 Å². The predicted octanol–water partition coefficient (Wildman–Crippen LogP) is 4.75. The van der Waals surface area contributed by atoms with Gasteiger partial charge in [-0.25, -0.2) is 13.4 Å². The summed E-state index contributed by atoms with van der Waals surface area (Å²) < 4.78 is 60.6. The number of nitrogens with zero attached hydrogens (tertiary/aromatic N) is 1. The minimum atomic E-state index is -5.42. The highest BCUT2D eigenvalue weighted by Gasteiger charge is 2.46. The molecule has 3 aromatic rings. The lowest BCUT2D eigenvalue weighted by Crippen LogP contribution is -2.23. The number of thiazole rings is 1. The second-order valence-corrected chi connectivity index (χ2v) is 9.46. The van der Waals surface area contributed by atoms with Crippen LogP contribution in [0.15, 0.2) is 47.5 Å². The molecule has 1 aromatic heterocycles. The van der Waals surface area contributed by atoms with Gasteiger partial charge in [-0.3, -0.25) is 4.79 Å². The number of carbonyl (C=O) groups is 1. The maximum atomic E-state index is 12.6. The van der Waals surface area contributed by atoms with E-state index in [9.17, 15) is 31.5 Å². The molecule has 0 aliphatic carbocycles. The lowest BCUT2D eigenvalue weighted by atomic mass is 10.1. The summed E-state index contributed by atoms with van der Waals surface area (Å²) in [6.07, 6.45) is 1.32. The number of aromatic hydroxyl groups is 1. The SMILES string of the molecule is Cc1ccc(O)c(C)c1NC(=O)c1cnc(Nc2ccc(S(=O)(=O)C(F)(F)F)cc2)s1. The van der Waals surface area contributed by atoms with Gasteiger partial charge in [-0.05, 0) is 49.7 Å². The Balaban J connectivity index is 1.73. The number of nitrogens with one attached hydrogen (secondary N) is 2. The molecule has 3 N–H and O–H groups in total. The summed E-state index contributed by atoms with van der Waals surface area (Å²) in [5, 5.41) is 15.6. The van der Waals surface area contributed by atoms with Gasteiger partial charge in [-0.1, -0.05) is 17.4 Å². The van der Waals surface area contributed by atoms with Crippen LogP contribution in [0.5, 0.6) is 5.75 Å². The Morgan fingerprint density at radius 2 is 1.74 bits per heavy atom. The van der Waals surface area contributed by atoms with Crippen molar-refractivity contribution < 1.29 is 31.5 Å². The number of anilines is 3. The monoisotopic (exact) mass is 471 g/mol. The van der Waals surface area contributed by atoms with E-state index in [1.54, 1.807) is 19.9 Å². The Labute approximate surface area is 179 Å². The normalized spacial score (nSPS) is 11.9. The standard InChI is InChI=1S/C19H16F3N3O4S2/c1-10-3-8-14(26)11(2)16(10)25-17(27)15-9-23-18(30-15)24-12-4-6-13(7-5-12)31(28,29)19(20,21)22/h3-9,26H,1-2H3,(H,23,24)(H,25,27). The van der Waals surface area contributed by atoms with Crippen LogP contribution in [0, 0.1) is 13.8 Å². The van der Waals surface area contributed by atoms with E-state index in [2.05, 4.69) is 15.6 Å². The summed E-state index contributed by atoms with van der Waals surface area (Å²) in [5.74, 6) is -0.405. The lowest BCUT2D eigenvalue weighted by molar-refractivity contribution is -0.0436. The Morgan fingerprint density at radius 3 is 2.35 bits per heavy atom. The Bertz CT molecular complexity index is 1240. The van der Waals surface area contributed by atoms with Gasteiger partial charge >= 0.3 is 5.51 Å². The van der Waals surface area contributed by atoms with Crippen molar-refractivity contribution in [2.75, 3.05) is 10.6 Å². The van der Waals surface area contributed by atoms with E-state index >= 15 is 0 Å². The number of halogens is 3. The van der Waals surface area contributed by atoms with Crippen LogP contribution in [0.25, 0.3) is 0 Å². The molecular formula is C19H16F3N3O4S2. The Kier molecular flexibility index (Phi) is 5.96. The van der Waals surface area contributed by atoms with E-state index in [1.165, 1.54) is 24.4 Å². The molecular weight excluding hydrogens is 455 g/mol. The third kappa shape index (κ3) is 4.64. The van der Waals surface area contributed by atoms with Crippen molar-refractivity contribution in [2.45, 2.75) is 24.3 Å². The topological polar surface area (TPSA) is 108 Å². The number of sulfone groups is 1. The van der Waals surface area contributed by atoms with Gasteiger partial charge in [0.15, 0.2) is 5.13 Å². The van der Waals surface area contributed by atoms with Crippen molar-refractivity contribution in [1.82, 2.24) is 4.98 Å². The largest absolute Gasteiger partial charge is 0.508 e. The Morgan fingerprint density at radius 1 is 1.10 bits per heavy atom. The summed E-state index contributed by atoms with van der Waals surface area (Å²) in [6, 6.07) is 7.19. The third-order valence-electron chi connectivity index (χ3n) is 4.33. The average molecular weight is 471 g/mol. The van der Waals surface area contributed by atoms with Gasteiger partial charge in [0, 0.05) is 11.3 Å². The van der Waals surface area contributed by atoms with Crippen molar-refractivity contribution in [3.8, 4) is 5.75 Å². The fraction of sp³-hybridized carbons (Fsp3) is 0.158. The number of aromatic nitrogens is 1. The molecule has 0 unspecified atom stereocenters. The van der Waals surface area contributed by atoms with Crippen LogP contribution in [0.3, 0.4) is 0 Å². The highest BCUT2D eigenvalue weighted by Crippen LogP contribution is 2.32. The number of hydrogen-bond acceptors (Lipinski definition) is 7. The second kappa shape index (κ2) is 8.19. The maximum absolute atomic E-state index is 12.6. The molecule has 7 nitrogen and oxygen atoms in total. The Hall–Kier alpha value is -3.12. The first-order chi connectivity index (χ1) is 14.4. The average Bonchev–Trinajstić information content (AvgIpc) is 3.16. The number of aryl methyl sites for hydroxylation is 1. The number of phenols is 1. The lowest BCUT2D eigenvalue weighted by Gasteiger charge is -2.12. The van der Waals surface area contributed by atoms with Crippen LogP contribution in [0.4, 0.5) is 29.7 Å². The number of rotatable bonds is 5. The van der Waals surface area contributed by atoms with Crippen LogP contribution in [0.1, 0.15) is 20.8 Å². The smallest absolute Gasteiger partial charge is 0.501 e. The predicted molar refractivity (Wildman–Crippen MR) is 111 cm³/mol. The first-order valence-corrected chi connectivity index (χ1v) is 10.9. The molecule has 0 saturated carbocycles. The number of hydrogen-bond donors (Lipinski definition) is 3. The first-order valence-electron chi connectivity index (χ1n) is 8.65. The molecule has 0 aliphatic heterocycles. The van der Waals surface area contributed by atoms with Gasteiger partial charge < -0.3 is 15.7 Å². The van der Waals surface area contributed by atoms with Crippen LogP contribution >= 0.6 is 11.3 Å². The second-order valence-electron chi connectivity index (χ2n) is 6.48. The molecule has 1 heterocycles. The molecule has 0 saturated heterocycles. The quantitative estimate of drug-likeness (QED) is 0.495. The van der Waals surface area contributed by atoms with Crippen molar-refractivity contribution in [3.63, 3.8) is 0 Å². The third-order valence-corrected chi connectivity index (χ3v) is 6.75. The van der Waals surface area contributed by atoms with Gasteiger partial charge in [0.25, 0.3) is 15.7 Å². The molecule has 0 radical (unpaired) electrons. The minimum Gasteiger partial charge on any atom is -0.508 e. The van der Waals surface area contributed by atoms with Crippen LogP contribution in [-0.2, 0) is 9.84 Å². The number of carbonyl (C=O) groups excluding carboxylic acids is 1. The molecule has 0 fully saturated rings. The van der Waals surface area contributed by atoms with E-state index in [1.807, 2.05) is 0 Å². The van der Waals surface area contributed by atoms with Gasteiger partial charge in [0.2, 0.25) is 0 Å². The zero-order valence-corrected chi connectivity index (χ0v) is 17.7. The molecule has 0 spiro atoms. The van der Waals surface area contributed by atoms with Gasteiger partial charge in [0.1, 0.15) is 10.6 Å². The molecule has 12 heteroatoms. The summed E-state index contributed by atoms with van der Waals surface area (Å²) in [4.78, 5) is 15.9. The molecule has 1 amide bonds. The zero-order valence-electron chi connectivity index (χ0n) is 16.1. The molecule has 31 heavy (non-hydrogen) atoms. The molecule has 0 bridgehead atoms. The first kappa shape index (κ1) is 22.6. The minimum absolute atomic E-state index is 0.0449. The number of phenolic OH excluding ortho intramolecular Hbond substituents is 1. The van der Waals surface area contributed by atoms with Gasteiger partial charge in [-0.15, -0.1) is 0 Å². The van der Waals surface area contributed by atoms with E-state index in [-0.39, 0.29) is 15.8 Å². The summed E-state index contributed by atoms with van der Waals surface area (Å²) >= 11 is 0.990. The van der Waals surface area contributed by atoms with Crippen LogP contribution < -0.4 is 10.6 Å². The van der Waals surface area contributed by atoms with Crippen LogP contribution in [-0.4, -0.2) is 29.9 Å². The van der Waals surface area contributed by atoms with Crippen molar-refractivity contribution in [3.05, 3.63) is 58.6 Å². The molecule has 0 atom stereocenters. The van der Waals surface area contributed by atoms with Gasteiger partial charge in [0.05, 0.1) is 16.8 Å². The molecule has 2 aromatic carbocycles. The highest BCUT2D eigenvalue weighted by molar-refractivity contribution is 7.92. The summed E-state index contributed by atoms with van der Waals surface area (Å²) in [7, 11) is -5.42. The van der Waals surface area contributed by atoms with Crippen molar-refractivity contribution in [2.24, 2.45) is 0 Å². The van der Waals surface area contributed by atoms with Gasteiger partial charge in [-0.2, -0.15) is 13.2 Å². The number of benzene rings is 2. The number of alkyl halides is 3. The number of amides is 1. The molecule has 3 rings (SSSR count). The van der Waals surface area contributed by atoms with E-state index < -0.39 is 26.1 Å².